The molecule has 2 rings (SSSR count). The molecule has 0 unspecified atom stereocenters. The highest BCUT2D eigenvalue weighted by atomic mass is 127. The minimum absolute atomic E-state index is 0. The molecular formula is C24H35IN4O2. The molecule has 0 aromatic heterocycles. The van der Waals surface area contributed by atoms with Crippen LogP contribution in [0.4, 0.5) is 0 Å². The molecule has 2 aromatic rings. The van der Waals surface area contributed by atoms with Gasteiger partial charge in [0.2, 0.25) is 0 Å². The summed E-state index contributed by atoms with van der Waals surface area (Å²) in [6.07, 6.45) is 0.799. The monoisotopic (exact) mass is 538 g/mol. The second kappa shape index (κ2) is 13.9. The number of carbonyl (C=O) groups excluding carboxylic acids is 1. The standard InChI is InChI=1S/C24H34N4O2.HI/c1-6-25-24(27-17-21-12-11-18(3)15-22(21)30-7-2)26-14-13-19-9-8-10-20(16-19)23(29)28(4)5;/h8-12,15-16H,6-7,13-14,17H2,1-5H3,(H2,25,26,27);1H. The van der Waals surface area contributed by atoms with E-state index in [4.69, 9.17) is 9.73 Å². The van der Waals surface area contributed by atoms with E-state index in [2.05, 4.69) is 35.8 Å². The van der Waals surface area contributed by atoms with Crippen LogP contribution in [0.3, 0.4) is 0 Å². The summed E-state index contributed by atoms with van der Waals surface area (Å²) in [4.78, 5) is 18.5. The van der Waals surface area contributed by atoms with E-state index in [0.29, 0.717) is 18.7 Å². The van der Waals surface area contributed by atoms with Crippen LogP contribution in [0.15, 0.2) is 47.5 Å². The van der Waals surface area contributed by atoms with Gasteiger partial charge in [-0.3, -0.25) is 4.79 Å². The number of ether oxygens (including phenoxy) is 1. The Kier molecular flexibility index (Phi) is 12.0. The second-order valence-electron chi connectivity index (χ2n) is 7.32. The molecule has 0 spiro atoms. The maximum atomic E-state index is 12.1. The van der Waals surface area contributed by atoms with Crippen molar-refractivity contribution in [3.8, 4) is 5.75 Å². The van der Waals surface area contributed by atoms with E-state index in [1.54, 1.807) is 19.0 Å². The van der Waals surface area contributed by atoms with Gasteiger partial charge in [-0.15, -0.1) is 24.0 Å². The summed E-state index contributed by atoms with van der Waals surface area (Å²) in [5, 5.41) is 6.66. The highest BCUT2D eigenvalue weighted by Gasteiger charge is 2.08. The molecule has 31 heavy (non-hydrogen) atoms. The van der Waals surface area contributed by atoms with Crippen molar-refractivity contribution in [2.24, 2.45) is 4.99 Å². The average molecular weight is 538 g/mol. The van der Waals surface area contributed by atoms with E-state index in [0.717, 1.165) is 42.3 Å². The molecule has 0 bridgehead atoms. The Hall–Kier alpha value is -2.29. The van der Waals surface area contributed by atoms with Crippen LogP contribution in [0.5, 0.6) is 5.75 Å². The number of nitrogens with zero attached hydrogens (tertiary/aromatic N) is 2. The third-order valence-electron chi connectivity index (χ3n) is 4.56. The van der Waals surface area contributed by atoms with Crippen LogP contribution in [0.25, 0.3) is 0 Å². The predicted octanol–water partition coefficient (Wildman–Crippen LogP) is 4.01. The Labute approximate surface area is 203 Å². The summed E-state index contributed by atoms with van der Waals surface area (Å²) >= 11 is 0. The molecule has 1 amide bonds. The normalized spacial score (nSPS) is 10.8. The van der Waals surface area contributed by atoms with Crippen LogP contribution in [-0.4, -0.2) is 50.6 Å². The summed E-state index contributed by atoms with van der Waals surface area (Å²) in [6, 6.07) is 14.0. The lowest BCUT2D eigenvalue weighted by molar-refractivity contribution is 0.0827. The fourth-order valence-electron chi connectivity index (χ4n) is 3.03. The summed E-state index contributed by atoms with van der Waals surface area (Å²) in [5.41, 5.74) is 4.06. The first-order chi connectivity index (χ1) is 14.4. The van der Waals surface area contributed by atoms with Crippen LogP contribution in [-0.2, 0) is 13.0 Å². The van der Waals surface area contributed by atoms with Crippen molar-refractivity contribution in [2.45, 2.75) is 33.7 Å². The lowest BCUT2D eigenvalue weighted by Crippen LogP contribution is -2.38. The first kappa shape index (κ1) is 26.7. The van der Waals surface area contributed by atoms with Gasteiger partial charge in [0, 0.05) is 38.3 Å². The fraction of sp³-hybridized carbons (Fsp3) is 0.417. The molecule has 6 nitrogen and oxygen atoms in total. The number of aliphatic imine (C=N–C) groups is 1. The minimum atomic E-state index is 0. The number of rotatable bonds is 9. The number of amides is 1. The van der Waals surface area contributed by atoms with Crippen LogP contribution in [0.2, 0.25) is 0 Å². The molecule has 0 saturated carbocycles. The molecule has 0 radical (unpaired) electrons. The van der Waals surface area contributed by atoms with Crippen molar-refractivity contribution in [3.63, 3.8) is 0 Å². The molecule has 170 valence electrons. The van der Waals surface area contributed by atoms with Gasteiger partial charge in [-0.1, -0.05) is 24.3 Å². The summed E-state index contributed by atoms with van der Waals surface area (Å²) < 4.78 is 5.76. The number of hydrogen-bond acceptors (Lipinski definition) is 3. The number of nitrogens with one attached hydrogen (secondary N) is 2. The van der Waals surface area contributed by atoms with Crippen LogP contribution in [0, 0.1) is 6.92 Å². The first-order valence-corrected chi connectivity index (χ1v) is 10.5. The number of carbonyl (C=O) groups is 1. The van der Waals surface area contributed by atoms with Gasteiger partial charge in [-0.25, -0.2) is 4.99 Å². The largest absolute Gasteiger partial charge is 0.494 e. The SMILES string of the molecule is CCNC(=NCc1ccc(C)cc1OCC)NCCc1cccc(C(=O)N(C)C)c1.I. The average Bonchev–Trinajstić information content (AvgIpc) is 2.73. The van der Waals surface area contributed by atoms with Crippen molar-refractivity contribution in [1.82, 2.24) is 15.5 Å². The molecule has 0 aliphatic carbocycles. The van der Waals surface area contributed by atoms with Crippen LogP contribution in [0.1, 0.15) is 40.9 Å². The van der Waals surface area contributed by atoms with Gasteiger partial charge in [-0.2, -0.15) is 0 Å². The molecule has 0 heterocycles. The quantitative estimate of drug-likeness (QED) is 0.288. The van der Waals surface area contributed by atoms with Crippen molar-refractivity contribution < 1.29 is 9.53 Å². The van der Waals surface area contributed by atoms with Crippen LogP contribution >= 0.6 is 24.0 Å². The van der Waals surface area contributed by atoms with Gasteiger partial charge in [0.25, 0.3) is 5.91 Å². The Morgan fingerprint density at radius 1 is 1.10 bits per heavy atom. The molecule has 2 N–H and O–H groups in total. The highest BCUT2D eigenvalue weighted by Crippen LogP contribution is 2.21. The van der Waals surface area contributed by atoms with Gasteiger partial charge in [-0.05, 0) is 56.5 Å². The van der Waals surface area contributed by atoms with Crippen molar-refractivity contribution in [1.29, 1.82) is 0 Å². The van der Waals surface area contributed by atoms with Gasteiger partial charge in [0.15, 0.2) is 5.96 Å². The fourth-order valence-corrected chi connectivity index (χ4v) is 3.03. The Morgan fingerprint density at radius 2 is 1.87 bits per heavy atom. The Bertz CT molecular complexity index is 868. The van der Waals surface area contributed by atoms with Gasteiger partial charge >= 0.3 is 0 Å². The summed E-state index contributed by atoms with van der Waals surface area (Å²) in [5.74, 6) is 1.67. The minimum Gasteiger partial charge on any atom is -0.494 e. The highest BCUT2D eigenvalue weighted by molar-refractivity contribution is 14.0. The molecule has 0 saturated heterocycles. The zero-order valence-corrected chi connectivity index (χ0v) is 21.5. The lowest BCUT2D eigenvalue weighted by Gasteiger charge is -2.14. The predicted molar refractivity (Wildman–Crippen MR) is 139 cm³/mol. The van der Waals surface area contributed by atoms with E-state index in [1.165, 1.54) is 5.56 Å². The third kappa shape index (κ3) is 8.77. The second-order valence-corrected chi connectivity index (χ2v) is 7.32. The van der Waals surface area contributed by atoms with Crippen LogP contribution < -0.4 is 15.4 Å². The molecule has 0 aliphatic heterocycles. The first-order valence-electron chi connectivity index (χ1n) is 10.5. The molecule has 2 aromatic carbocycles. The topological polar surface area (TPSA) is 66.0 Å². The van der Waals surface area contributed by atoms with Gasteiger partial charge < -0.3 is 20.3 Å². The van der Waals surface area contributed by atoms with E-state index < -0.39 is 0 Å². The number of aryl methyl sites for hydroxylation is 1. The molecule has 7 heteroatoms. The Morgan fingerprint density at radius 3 is 2.55 bits per heavy atom. The summed E-state index contributed by atoms with van der Waals surface area (Å²) in [7, 11) is 3.53. The number of benzene rings is 2. The van der Waals surface area contributed by atoms with E-state index >= 15 is 0 Å². The summed E-state index contributed by atoms with van der Waals surface area (Å²) in [6.45, 7) is 8.77. The lowest BCUT2D eigenvalue weighted by atomic mass is 10.1. The van der Waals surface area contributed by atoms with Gasteiger partial charge in [0.05, 0.1) is 13.2 Å². The number of halogens is 1. The zero-order valence-electron chi connectivity index (χ0n) is 19.2. The van der Waals surface area contributed by atoms with E-state index in [1.807, 2.05) is 38.1 Å². The molecule has 0 aliphatic rings. The molecular weight excluding hydrogens is 503 g/mol. The molecule has 0 atom stereocenters. The Balaban J connectivity index is 0.00000480. The maximum Gasteiger partial charge on any atom is 0.253 e. The molecule has 0 fully saturated rings. The maximum absolute atomic E-state index is 12.1. The number of guanidine groups is 1. The smallest absolute Gasteiger partial charge is 0.253 e. The van der Waals surface area contributed by atoms with Crippen molar-refractivity contribution in [3.05, 3.63) is 64.7 Å². The third-order valence-corrected chi connectivity index (χ3v) is 4.56. The van der Waals surface area contributed by atoms with E-state index in [9.17, 15) is 4.79 Å². The van der Waals surface area contributed by atoms with Crippen molar-refractivity contribution >= 4 is 35.8 Å². The van der Waals surface area contributed by atoms with Gasteiger partial charge in [0.1, 0.15) is 5.75 Å². The van der Waals surface area contributed by atoms with Crippen molar-refractivity contribution in [2.75, 3.05) is 33.8 Å². The number of hydrogen-bond donors (Lipinski definition) is 2. The zero-order chi connectivity index (χ0) is 21.9. The van der Waals surface area contributed by atoms with E-state index in [-0.39, 0.29) is 29.9 Å².